The molecule has 1 amide bonds. The Balaban J connectivity index is 2.54. The largest absolute Gasteiger partial charge is 0.479 e. The highest BCUT2D eigenvalue weighted by molar-refractivity contribution is 5.82. The molecule has 0 aromatic heterocycles. The summed E-state index contributed by atoms with van der Waals surface area (Å²) in [5.41, 5.74) is 0. The minimum atomic E-state index is -0.988. The van der Waals surface area contributed by atoms with Crippen LogP contribution in [0, 0.1) is 0 Å². The Morgan fingerprint density at radius 1 is 1.33 bits per heavy atom. The molecule has 86 valence electrons. The first-order valence-corrected chi connectivity index (χ1v) is 5.08. The molecule has 5 heteroatoms. The smallest absolute Gasteiger partial charge is 0.332 e. The third kappa shape index (κ3) is 2.68. The topological polar surface area (TPSA) is 66.8 Å². The molecule has 1 rings (SSSR count). The molecule has 1 aliphatic heterocycles. The number of carboxylic acids is 1. The van der Waals surface area contributed by atoms with Crippen molar-refractivity contribution < 1.29 is 19.4 Å². The van der Waals surface area contributed by atoms with E-state index in [1.807, 2.05) is 13.8 Å². The van der Waals surface area contributed by atoms with Crippen LogP contribution in [0.5, 0.6) is 0 Å². The fourth-order valence-electron chi connectivity index (χ4n) is 1.48. The Labute approximate surface area is 89.0 Å². The van der Waals surface area contributed by atoms with Crippen LogP contribution >= 0.6 is 0 Å². The molecule has 0 aliphatic carbocycles. The fraction of sp³-hybridized carbons (Fsp3) is 0.800. The van der Waals surface area contributed by atoms with E-state index in [1.165, 1.54) is 0 Å². The molecule has 15 heavy (non-hydrogen) atoms. The van der Waals surface area contributed by atoms with Crippen molar-refractivity contribution in [3.05, 3.63) is 0 Å². The number of amides is 1. The molecule has 0 aromatic carbocycles. The molecule has 1 N–H and O–H groups in total. The number of carbonyl (C=O) groups is 2. The summed E-state index contributed by atoms with van der Waals surface area (Å²) in [6.07, 6.45) is -0.497. The maximum absolute atomic E-state index is 11.8. The van der Waals surface area contributed by atoms with E-state index in [0.29, 0.717) is 12.8 Å². The lowest BCUT2D eigenvalue weighted by Crippen LogP contribution is -2.40. The molecule has 0 aromatic rings. The molecule has 1 saturated heterocycles. The number of aliphatic carboxylic acids is 1. The van der Waals surface area contributed by atoms with Crippen molar-refractivity contribution >= 4 is 11.9 Å². The molecule has 1 aliphatic rings. The van der Waals surface area contributed by atoms with E-state index in [-0.39, 0.29) is 11.9 Å². The van der Waals surface area contributed by atoms with Gasteiger partial charge in [-0.15, -0.1) is 0 Å². The van der Waals surface area contributed by atoms with Gasteiger partial charge in [0.15, 0.2) is 6.10 Å². The Bertz CT molecular complexity index is 264. The minimum Gasteiger partial charge on any atom is -0.479 e. The molecular weight excluding hydrogens is 198 g/mol. The molecule has 5 nitrogen and oxygen atoms in total. The highest BCUT2D eigenvalue weighted by Gasteiger charge is 2.36. The van der Waals surface area contributed by atoms with Gasteiger partial charge in [0.1, 0.15) is 6.10 Å². The van der Waals surface area contributed by atoms with Crippen LogP contribution in [0.2, 0.25) is 0 Å². The molecule has 0 bridgehead atoms. The zero-order valence-electron chi connectivity index (χ0n) is 9.27. The fourth-order valence-corrected chi connectivity index (χ4v) is 1.48. The lowest BCUT2D eigenvalue weighted by atomic mass is 10.1. The number of likely N-dealkylation sites (N-methyl/N-ethyl adjacent to an activating group) is 1. The van der Waals surface area contributed by atoms with Gasteiger partial charge in [0.2, 0.25) is 0 Å². The second-order valence-corrected chi connectivity index (χ2v) is 4.07. The highest BCUT2D eigenvalue weighted by atomic mass is 16.5. The number of rotatable bonds is 3. The second-order valence-electron chi connectivity index (χ2n) is 4.07. The van der Waals surface area contributed by atoms with Crippen LogP contribution in [-0.4, -0.2) is 47.2 Å². The third-order valence-electron chi connectivity index (χ3n) is 2.69. The number of hydrogen-bond acceptors (Lipinski definition) is 3. The lowest BCUT2D eigenvalue weighted by Gasteiger charge is -2.24. The molecular formula is C10H17NO4. The minimum absolute atomic E-state index is 0.102. The second kappa shape index (κ2) is 4.61. The van der Waals surface area contributed by atoms with Crippen molar-refractivity contribution in [1.82, 2.24) is 4.90 Å². The summed E-state index contributed by atoms with van der Waals surface area (Å²) in [5.74, 6) is -1.12. The van der Waals surface area contributed by atoms with Gasteiger partial charge in [-0.3, -0.25) is 4.79 Å². The van der Waals surface area contributed by atoms with Gasteiger partial charge in [-0.25, -0.2) is 4.79 Å². The molecule has 0 saturated carbocycles. The van der Waals surface area contributed by atoms with Gasteiger partial charge in [-0.1, -0.05) is 0 Å². The van der Waals surface area contributed by atoms with Crippen LogP contribution in [0.1, 0.15) is 26.7 Å². The SMILES string of the molecule is CC(C)N(C)C(=O)[C@@H]1CC[C@H](C(=O)O)O1. The normalized spacial score (nSPS) is 25.6. The highest BCUT2D eigenvalue weighted by Crippen LogP contribution is 2.21. The molecule has 0 radical (unpaired) electrons. The first-order chi connectivity index (χ1) is 6.93. The van der Waals surface area contributed by atoms with E-state index in [0.717, 1.165) is 0 Å². The summed E-state index contributed by atoms with van der Waals surface area (Å²) in [7, 11) is 1.70. The van der Waals surface area contributed by atoms with Crippen molar-refractivity contribution in [3.63, 3.8) is 0 Å². The van der Waals surface area contributed by atoms with Crippen LogP contribution in [-0.2, 0) is 14.3 Å². The maximum atomic E-state index is 11.8. The maximum Gasteiger partial charge on any atom is 0.332 e. The Morgan fingerprint density at radius 3 is 2.27 bits per heavy atom. The summed E-state index contributed by atoms with van der Waals surface area (Å²) in [5, 5.41) is 8.71. The van der Waals surface area contributed by atoms with Crippen molar-refractivity contribution in [3.8, 4) is 0 Å². The van der Waals surface area contributed by atoms with Crippen LogP contribution in [0.25, 0.3) is 0 Å². The first-order valence-electron chi connectivity index (χ1n) is 5.08. The predicted molar refractivity (Wildman–Crippen MR) is 53.4 cm³/mol. The quantitative estimate of drug-likeness (QED) is 0.743. The van der Waals surface area contributed by atoms with Crippen molar-refractivity contribution in [2.45, 2.75) is 44.9 Å². The van der Waals surface area contributed by atoms with Crippen LogP contribution in [0.3, 0.4) is 0 Å². The van der Waals surface area contributed by atoms with E-state index in [4.69, 9.17) is 9.84 Å². The van der Waals surface area contributed by atoms with Gasteiger partial charge in [0.25, 0.3) is 5.91 Å². The number of ether oxygens (including phenoxy) is 1. The summed E-state index contributed by atoms with van der Waals surface area (Å²) in [4.78, 5) is 24.0. The molecule has 1 heterocycles. The van der Waals surface area contributed by atoms with Crippen molar-refractivity contribution in [2.24, 2.45) is 0 Å². The Hall–Kier alpha value is -1.10. The first kappa shape index (κ1) is 12.0. The average molecular weight is 215 g/mol. The van der Waals surface area contributed by atoms with Crippen LogP contribution in [0.4, 0.5) is 0 Å². The summed E-state index contributed by atoms with van der Waals surface area (Å²) in [6, 6.07) is 0.102. The zero-order valence-corrected chi connectivity index (χ0v) is 9.27. The van der Waals surface area contributed by atoms with Gasteiger partial charge in [-0.05, 0) is 26.7 Å². The van der Waals surface area contributed by atoms with Gasteiger partial charge in [0, 0.05) is 13.1 Å². The number of hydrogen-bond donors (Lipinski definition) is 1. The van der Waals surface area contributed by atoms with E-state index in [9.17, 15) is 9.59 Å². The Kier molecular flexibility index (Phi) is 3.68. The number of nitrogens with zero attached hydrogens (tertiary/aromatic N) is 1. The number of carbonyl (C=O) groups excluding carboxylic acids is 1. The molecule has 2 atom stereocenters. The molecule has 0 spiro atoms. The number of carboxylic acid groups (broad SMARTS) is 1. The predicted octanol–water partition coefficient (Wildman–Crippen LogP) is 0.485. The van der Waals surface area contributed by atoms with Gasteiger partial charge in [-0.2, -0.15) is 0 Å². The van der Waals surface area contributed by atoms with E-state index in [1.54, 1.807) is 11.9 Å². The third-order valence-corrected chi connectivity index (χ3v) is 2.69. The van der Waals surface area contributed by atoms with E-state index in [2.05, 4.69) is 0 Å². The summed E-state index contributed by atoms with van der Waals surface area (Å²) < 4.78 is 5.17. The summed E-state index contributed by atoms with van der Waals surface area (Å²) >= 11 is 0. The monoisotopic (exact) mass is 215 g/mol. The standard InChI is InChI=1S/C10H17NO4/c1-6(2)11(3)9(12)7-4-5-8(15-7)10(13)14/h6-8H,4-5H2,1-3H3,(H,13,14)/t7-,8+/m0/s1. The average Bonchev–Trinajstić information content (AvgIpc) is 2.64. The van der Waals surface area contributed by atoms with Crippen LogP contribution in [0.15, 0.2) is 0 Å². The van der Waals surface area contributed by atoms with Gasteiger partial charge < -0.3 is 14.7 Å². The molecule has 1 fully saturated rings. The van der Waals surface area contributed by atoms with Crippen molar-refractivity contribution in [2.75, 3.05) is 7.05 Å². The zero-order chi connectivity index (χ0) is 11.6. The van der Waals surface area contributed by atoms with Crippen molar-refractivity contribution in [1.29, 1.82) is 0 Å². The van der Waals surface area contributed by atoms with Gasteiger partial charge in [0.05, 0.1) is 0 Å². The molecule has 0 unspecified atom stereocenters. The van der Waals surface area contributed by atoms with Crippen LogP contribution < -0.4 is 0 Å². The lowest BCUT2D eigenvalue weighted by molar-refractivity contribution is -0.154. The van der Waals surface area contributed by atoms with Gasteiger partial charge >= 0.3 is 5.97 Å². The summed E-state index contributed by atoms with van der Waals surface area (Å²) in [6.45, 7) is 3.81. The van der Waals surface area contributed by atoms with E-state index < -0.39 is 18.2 Å². The Morgan fingerprint density at radius 2 is 1.87 bits per heavy atom. The van der Waals surface area contributed by atoms with E-state index >= 15 is 0 Å².